The van der Waals surface area contributed by atoms with Gasteiger partial charge < -0.3 is 5.32 Å². The Hall–Kier alpha value is -1.59. The molecule has 2 rings (SSSR count). The standard InChI is InChI=1S/C11H9ClN2O2S/c12-9-1-3-10(4-2-9)13-6-8-5-11(14(15)16)17-7-8/h1-5,7,13H,6H2. The van der Waals surface area contributed by atoms with Gasteiger partial charge in [0.15, 0.2) is 0 Å². The van der Waals surface area contributed by atoms with Crippen LogP contribution < -0.4 is 5.32 Å². The van der Waals surface area contributed by atoms with E-state index >= 15 is 0 Å². The average Bonchev–Trinajstić information content (AvgIpc) is 2.77. The van der Waals surface area contributed by atoms with Gasteiger partial charge in [-0.25, -0.2) is 0 Å². The number of anilines is 1. The summed E-state index contributed by atoms with van der Waals surface area (Å²) in [6, 6.07) is 8.89. The molecule has 0 bridgehead atoms. The van der Waals surface area contributed by atoms with Crippen LogP contribution in [-0.2, 0) is 6.54 Å². The first-order valence-electron chi connectivity index (χ1n) is 4.86. The second-order valence-electron chi connectivity index (χ2n) is 3.41. The normalized spacial score (nSPS) is 10.2. The van der Waals surface area contributed by atoms with Crippen molar-refractivity contribution in [1.82, 2.24) is 0 Å². The largest absolute Gasteiger partial charge is 0.381 e. The van der Waals surface area contributed by atoms with Crippen molar-refractivity contribution < 1.29 is 4.92 Å². The van der Waals surface area contributed by atoms with E-state index in [4.69, 9.17) is 11.6 Å². The minimum Gasteiger partial charge on any atom is -0.381 e. The zero-order valence-electron chi connectivity index (χ0n) is 8.72. The van der Waals surface area contributed by atoms with Gasteiger partial charge in [0, 0.05) is 28.7 Å². The Bertz CT molecular complexity index is 525. The zero-order chi connectivity index (χ0) is 12.3. The lowest BCUT2D eigenvalue weighted by Gasteiger charge is -2.04. The Morgan fingerprint density at radius 2 is 2.06 bits per heavy atom. The molecule has 0 aliphatic heterocycles. The van der Waals surface area contributed by atoms with E-state index in [9.17, 15) is 10.1 Å². The fourth-order valence-corrected chi connectivity index (χ4v) is 2.18. The van der Waals surface area contributed by atoms with Crippen molar-refractivity contribution in [3.8, 4) is 0 Å². The van der Waals surface area contributed by atoms with Crippen molar-refractivity contribution in [3.63, 3.8) is 0 Å². The molecule has 1 aromatic carbocycles. The molecule has 0 saturated carbocycles. The predicted octanol–water partition coefficient (Wildman–Crippen LogP) is 3.92. The number of hydrogen-bond acceptors (Lipinski definition) is 4. The Kier molecular flexibility index (Phi) is 3.61. The molecule has 0 atom stereocenters. The first kappa shape index (κ1) is 11.9. The van der Waals surface area contributed by atoms with Crippen LogP contribution in [0, 0.1) is 10.1 Å². The molecule has 6 heteroatoms. The maximum Gasteiger partial charge on any atom is 0.324 e. The number of nitrogens with zero attached hydrogens (tertiary/aromatic N) is 1. The van der Waals surface area contributed by atoms with Crippen LogP contribution in [0.5, 0.6) is 0 Å². The van der Waals surface area contributed by atoms with Crippen LogP contribution >= 0.6 is 22.9 Å². The van der Waals surface area contributed by atoms with Crippen molar-refractivity contribution in [2.24, 2.45) is 0 Å². The summed E-state index contributed by atoms with van der Waals surface area (Å²) in [6.07, 6.45) is 0. The fraction of sp³-hybridized carbons (Fsp3) is 0.0909. The molecule has 4 nitrogen and oxygen atoms in total. The van der Waals surface area contributed by atoms with E-state index in [0.29, 0.717) is 11.6 Å². The fourth-order valence-electron chi connectivity index (χ4n) is 1.32. The van der Waals surface area contributed by atoms with E-state index in [2.05, 4.69) is 5.32 Å². The second-order valence-corrected chi connectivity index (χ2v) is 4.74. The first-order valence-corrected chi connectivity index (χ1v) is 6.12. The molecule has 17 heavy (non-hydrogen) atoms. The van der Waals surface area contributed by atoms with E-state index in [1.807, 2.05) is 12.1 Å². The molecule has 1 aromatic heterocycles. The third kappa shape index (κ3) is 3.18. The summed E-state index contributed by atoms with van der Waals surface area (Å²) in [5.41, 5.74) is 1.83. The molecule has 0 aliphatic rings. The lowest BCUT2D eigenvalue weighted by atomic mass is 10.3. The van der Waals surface area contributed by atoms with Crippen LogP contribution in [0.1, 0.15) is 5.56 Å². The number of nitro groups is 1. The third-order valence-electron chi connectivity index (χ3n) is 2.16. The predicted molar refractivity (Wildman–Crippen MR) is 69.8 cm³/mol. The molecular weight excluding hydrogens is 260 g/mol. The SMILES string of the molecule is O=[N+]([O-])c1cc(CNc2ccc(Cl)cc2)cs1. The van der Waals surface area contributed by atoms with Gasteiger partial charge >= 0.3 is 5.00 Å². The van der Waals surface area contributed by atoms with Crippen molar-refractivity contribution in [2.75, 3.05) is 5.32 Å². The summed E-state index contributed by atoms with van der Waals surface area (Å²) < 4.78 is 0. The van der Waals surface area contributed by atoms with Crippen molar-refractivity contribution in [1.29, 1.82) is 0 Å². The Morgan fingerprint density at radius 1 is 1.35 bits per heavy atom. The van der Waals surface area contributed by atoms with Gasteiger partial charge in [-0.2, -0.15) is 0 Å². The Morgan fingerprint density at radius 3 is 2.65 bits per heavy atom. The number of rotatable bonds is 4. The number of nitrogens with one attached hydrogen (secondary N) is 1. The molecule has 0 amide bonds. The highest BCUT2D eigenvalue weighted by molar-refractivity contribution is 7.13. The smallest absolute Gasteiger partial charge is 0.324 e. The molecule has 0 fully saturated rings. The molecular formula is C11H9ClN2O2S. The van der Waals surface area contributed by atoms with Gasteiger partial charge in [-0.05, 0) is 29.8 Å². The molecule has 1 N–H and O–H groups in total. The maximum absolute atomic E-state index is 10.5. The van der Waals surface area contributed by atoms with Gasteiger partial charge in [-0.15, -0.1) is 0 Å². The van der Waals surface area contributed by atoms with Gasteiger partial charge in [0.2, 0.25) is 0 Å². The van der Waals surface area contributed by atoms with E-state index in [-0.39, 0.29) is 9.92 Å². The number of halogens is 1. The summed E-state index contributed by atoms with van der Waals surface area (Å²) in [6.45, 7) is 0.561. The lowest BCUT2D eigenvalue weighted by molar-refractivity contribution is -0.380. The quantitative estimate of drug-likeness (QED) is 0.675. The molecule has 0 radical (unpaired) electrons. The van der Waals surface area contributed by atoms with Gasteiger partial charge in [-0.3, -0.25) is 10.1 Å². The minimum absolute atomic E-state index is 0.165. The van der Waals surface area contributed by atoms with Crippen LogP contribution in [0.25, 0.3) is 0 Å². The minimum atomic E-state index is -0.379. The van der Waals surface area contributed by atoms with Crippen LogP contribution in [0.3, 0.4) is 0 Å². The summed E-state index contributed by atoms with van der Waals surface area (Å²) in [5, 5.41) is 16.3. The maximum atomic E-state index is 10.5. The highest BCUT2D eigenvalue weighted by atomic mass is 35.5. The van der Waals surface area contributed by atoms with E-state index in [0.717, 1.165) is 22.6 Å². The summed E-state index contributed by atoms with van der Waals surface area (Å²) in [7, 11) is 0. The molecule has 0 saturated heterocycles. The zero-order valence-corrected chi connectivity index (χ0v) is 10.3. The summed E-state index contributed by atoms with van der Waals surface area (Å²) >= 11 is 6.90. The first-order chi connectivity index (χ1) is 8.15. The number of hydrogen-bond donors (Lipinski definition) is 1. The molecule has 0 spiro atoms. The topological polar surface area (TPSA) is 55.2 Å². The number of thiophene rings is 1. The van der Waals surface area contributed by atoms with E-state index in [1.165, 1.54) is 0 Å². The van der Waals surface area contributed by atoms with Gasteiger partial charge in [0.1, 0.15) is 0 Å². The highest BCUT2D eigenvalue weighted by Crippen LogP contribution is 2.23. The average molecular weight is 269 g/mol. The lowest BCUT2D eigenvalue weighted by Crippen LogP contribution is -1.97. The van der Waals surface area contributed by atoms with Crippen molar-refractivity contribution >= 4 is 33.6 Å². The number of benzene rings is 1. The van der Waals surface area contributed by atoms with Crippen LogP contribution in [-0.4, -0.2) is 4.92 Å². The molecule has 1 heterocycles. The van der Waals surface area contributed by atoms with Gasteiger partial charge in [0.05, 0.1) is 4.92 Å². The molecule has 88 valence electrons. The summed E-state index contributed by atoms with van der Waals surface area (Å²) in [5.74, 6) is 0. The Balaban J connectivity index is 1.97. The van der Waals surface area contributed by atoms with Crippen molar-refractivity contribution in [3.05, 3.63) is 56.4 Å². The van der Waals surface area contributed by atoms with Crippen LogP contribution in [0.15, 0.2) is 35.7 Å². The van der Waals surface area contributed by atoms with E-state index < -0.39 is 0 Å². The van der Waals surface area contributed by atoms with E-state index in [1.54, 1.807) is 23.6 Å². The highest BCUT2D eigenvalue weighted by Gasteiger charge is 2.08. The second kappa shape index (κ2) is 5.16. The molecule has 0 unspecified atom stereocenters. The van der Waals surface area contributed by atoms with Crippen molar-refractivity contribution in [2.45, 2.75) is 6.54 Å². The third-order valence-corrected chi connectivity index (χ3v) is 3.34. The monoisotopic (exact) mass is 268 g/mol. The molecule has 2 aromatic rings. The summed E-state index contributed by atoms with van der Waals surface area (Å²) in [4.78, 5) is 10.1. The van der Waals surface area contributed by atoms with Crippen LogP contribution in [0.2, 0.25) is 5.02 Å². The molecule has 0 aliphatic carbocycles. The van der Waals surface area contributed by atoms with Crippen LogP contribution in [0.4, 0.5) is 10.7 Å². The Labute approximate surface area is 107 Å². The van der Waals surface area contributed by atoms with Gasteiger partial charge in [-0.1, -0.05) is 22.9 Å². The van der Waals surface area contributed by atoms with Gasteiger partial charge in [0.25, 0.3) is 0 Å².